The number of benzene rings is 2. The lowest BCUT2D eigenvalue weighted by atomic mass is 10.0. The zero-order valence-corrected chi connectivity index (χ0v) is 19.0. The number of Topliss-reactive ketones (excluding diaryl/α,β-unsaturated/α-hetero) is 1. The number of para-hydroxylation sites is 1. The smallest absolute Gasteiger partial charge is 0.196 e. The van der Waals surface area contributed by atoms with Crippen LogP contribution >= 0.6 is 23.4 Å². The van der Waals surface area contributed by atoms with Crippen molar-refractivity contribution in [3.8, 4) is 23.1 Å². The average Bonchev–Trinajstić information content (AvgIpc) is 3.16. The van der Waals surface area contributed by atoms with Gasteiger partial charge >= 0.3 is 0 Å². The molecule has 0 aliphatic heterocycles. The van der Waals surface area contributed by atoms with Crippen molar-refractivity contribution in [1.82, 2.24) is 14.8 Å². The van der Waals surface area contributed by atoms with E-state index < -0.39 is 0 Å². The van der Waals surface area contributed by atoms with E-state index in [1.165, 1.54) is 11.8 Å². The lowest BCUT2D eigenvalue weighted by Crippen LogP contribution is -2.11. The first-order valence-electron chi connectivity index (χ1n) is 9.66. The lowest BCUT2D eigenvalue weighted by Gasteiger charge is -2.17. The van der Waals surface area contributed by atoms with E-state index in [9.17, 15) is 10.1 Å². The largest absolute Gasteiger partial charge is 0.401 e. The standard InChI is InChI=1S/C23H22ClN5OS/c1-14(2)18-6-4-5-7-20(18)29-22(16-8-10-17(24)11-9-16)27-28-23(29)31-13-21(30)19(12-25)15(3)26/h4-11,14H,13,26H2,1-3H3/b19-15-. The molecule has 0 fully saturated rings. The SMILES string of the molecule is C/C(N)=C(\C#N)C(=O)CSc1nnc(-c2ccc(Cl)cc2)n1-c1ccccc1C(C)C. The van der Waals surface area contributed by atoms with Crippen LogP contribution in [0.1, 0.15) is 32.3 Å². The van der Waals surface area contributed by atoms with E-state index in [0.29, 0.717) is 16.0 Å². The Bertz CT molecular complexity index is 1170. The van der Waals surface area contributed by atoms with Crippen molar-refractivity contribution in [3.63, 3.8) is 0 Å². The van der Waals surface area contributed by atoms with Crippen molar-refractivity contribution in [3.05, 3.63) is 70.4 Å². The number of ketones is 1. The van der Waals surface area contributed by atoms with Crippen LogP contribution in [0.3, 0.4) is 0 Å². The monoisotopic (exact) mass is 451 g/mol. The Morgan fingerprint density at radius 2 is 1.87 bits per heavy atom. The van der Waals surface area contributed by atoms with E-state index in [-0.39, 0.29) is 28.7 Å². The molecule has 0 amide bonds. The van der Waals surface area contributed by atoms with Crippen LogP contribution in [-0.2, 0) is 4.79 Å². The molecule has 31 heavy (non-hydrogen) atoms. The van der Waals surface area contributed by atoms with E-state index in [4.69, 9.17) is 17.3 Å². The summed E-state index contributed by atoms with van der Waals surface area (Å²) < 4.78 is 1.95. The van der Waals surface area contributed by atoms with Crippen LogP contribution in [0.25, 0.3) is 17.1 Å². The minimum atomic E-state index is -0.341. The Balaban J connectivity index is 2.09. The average molecular weight is 452 g/mol. The second-order valence-corrected chi connectivity index (χ2v) is 8.62. The molecule has 0 bridgehead atoms. The molecule has 3 rings (SSSR count). The van der Waals surface area contributed by atoms with E-state index in [2.05, 4.69) is 30.1 Å². The molecule has 0 unspecified atom stereocenters. The van der Waals surface area contributed by atoms with Crippen molar-refractivity contribution in [1.29, 1.82) is 5.26 Å². The molecule has 0 saturated carbocycles. The summed E-state index contributed by atoms with van der Waals surface area (Å²) in [6, 6.07) is 17.3. The maximum absolute atomic E-state index is 12.5. The fraction of sp³-hybridized carbons (Fsp3) is 0.217. The molecule has 6 nitrogen and oxygen atoms in total. The number of hydrogen-bond donors (Lipinski definition) is 1. The molecule has 3 aromatic rings. The molecule has 2 N–H and O–H groups in total. The van der Waals surface area contributed by atoms with Gasteiger partial charge in [0.15, 0.2) is 16.8 Å². The molecule has 2 aromatic carbocycles. The number of nitrogens with two attached hydrogens (primary N) is 1. The highest BCUT2D eigenvalue weighted by atomic mass is 35.5. The summed E-state index contributed by atoms with van der Waals surface area (Å²) >= 11 is 7.28. The van der Waals surface area contributed by atoms with Gasteiger partial charge in [-0.3, -0.25) is 9.36 Å². The van der Waals surface area contributed by atoms with Crippen LogP contribution in [0.5, 0.6) is 0 Å². The summed E-state index contributed by atoms with van der Waals surface area (Å²) in [4.78, 5) is 12.5. The Morgan fingerprint density at radius 1 is 1.19 bits per heavy atom. The predicted molar refractivity (Wildman–Crippen MR) is 124 cm³/mol. The third-order valence-electron chi connectivity index (χ3n) is 4.65. The number of allylic oxidation sites excluding steroid dienone is 2. The Kier molecular flexibility index (Phi) is 7.16. The number of aromatic nitrogens is 3. The van der Waals surface area contributed by atoms with Gasteiger partial charge in [0.1, 0.15) is 11.6 Å². The zero-order valence-electron chi connectivity index (χ0n) is 17.5. The normalized spacial score (nSPS) is 11.9. The summed E-state index contributed by atoms with van der Waals surface area (Å²) in [6.45, 7) is 5.78. The van der Waals surface area contributed by atoms with Gasteiger partial charge in [-0.15, -0.1) is 10.2 Å². The molecule has 1 heterocycles. The number of nitrogens with zero attached hydrogens (tertiary/aromatic N) is 4. The van der Waals surface area contributed by atoms with Gasteiger partial charge in [-0.05, 0) is 48.7 Å². The van der Waals surface area contributed by atoms with Crippen molar-refractivity contribution in [2.45, 2.75) is 31.8 Å². The highest BCUT2D eigenvalue weighted by Gasteiger charge is 2.21. The molecule has 0 saturated heterocycles. The molecule has 0 radical (unpaired) electrons. The van der Waals surface area contributed by atoms with Crippen molar-refractivity contribution < 1.29 is 4.79 Å². The quantitative estimate of drug-likeness (QED) is 0.304. The second-order valence-electron chi connectivity index (χ2n) is 7.24. The number of halogens is 1. The number of thioether (sulfide) groups is 1. The number of carbonyl (C=O) groups is 1. The van der Waals surface area contributed by atoms with Crippen LogP contribution in [0.2, 0.25) is 5.02 Å². The van der Waals surface area contributed by atoms with E-state index >= 15 is 0 Å². The zero-order chi connectivity index (χ0) is 22.5. The summed E-state index contributed by atoms with van der Waals surface area (Å²) in [5, 5.41) is 19.2. The van der Waals surface area contributed by atoms with Gasteiger partial charge in [-0.1, -0.05) is 55.4 Å². The van der Waals surface area contributed by atoms with Gasteiger partial charge in [-0.2, -0.15) is 5.26 Å². The van der Waals surface area contributed by atoms with Crippen LogP contribution in [-0.4, -0.2) is 26.3 Å². The Labute approximate surface area is 190 Å². The Morgan fingerprint density at radius 3 is 2.48 bits per heavy atom. The van der Waals surface area contributed by atoms with Gasteiger partial charge in [-0.25, -0.2) is 0 Å². The molecular weight excluding hydrogens is 430 g/mol. The first-order chi connectivity index (χ1) is 14.8. The second kappa shape index (κ2) is 9.82. The van der Waals surface area contributed by atoms with Crippen LogP contribution in [0, 0.1) is 11.3 Å². The minimum Gasteiger partial charge on any atom is -0.401 e. The summed E-state index contributed by atoms with van der Waals surface area (Å²) in [7, 11) is 0. The highest BCUT2D eigenvalue weighted by Crippen LogP contribution is 2.32. The Hall–Kier alpha value is -3.08. The number of carbonyl (C=O) groups excluding carboxylic acids is 1. The van der Waals surface area contributed by atoms with Crippen molar-refractivity contribution in [2.24, 2.45) is 5.73 Å². The summed E-state index contributed by atoms with van der Waals surface area (Å²) in [5.74, 6) is 0.599. The van der Waals surface area contributed by atoms with E-state index in [0.717, 1.165) is 16.8 Å². The summed E-state index contributed by atoms with van der Waals surface area (Å²) in [5.41, 5.74) is 8.76. The first kappa shape index (κ1) is 22.6. The molecule has 0 spiro atoms. The maximum Gasteiger partial charge on any atom is 0.196 e. The molecule has 1 aromatic heterocycles. The third-order valence-corrected chi connectivity index (χ3v) is 5.83. The fourth-order valence-corrected chi connectivity index (χ4v) is 4.06. The molecule has 8 heteroatoms. The van der Waals surface area contributed by atoms with Crippen LogP contribution in [0.4, 0.5) is 0 Å². The van der Waals surface area contributed by atoms with Gasteiger partial charge in [0.2, 0.25) is 0 Å². The van der Waals surface area contributed by atoms with Crippen molar-refractivity contribution in [2.75, 3.05) is 5.75 Å². The summed E-state index contributed by atoms with van der Waals surface area (Å²) in [6.07, 6.45) is 0. The van der Waals surface area contributed by atoms with E-state index in [1.54, 1.807) is 19.1 Å². The number of rotatable bonds is 7. The fourth-order valence-electron chi connectivity index (χ4n) is 3.12. The molecule has 0 atom stereocenters. The minimum absolute atomic E-state index is 0.0278. The lowest BCUT2D eigenvalue weighted by molar-refractivity contribution is -0.112. The topological polar surface area (TPSA) is 97.6 Å². The van der Waals surface area contributed by atoms with Gasteiger partial charge in [0.25, 0.3) is 0 Å². The molecular formula is C23H22ClN5OS. The number of nitriles is 1. The van der Waals surface area contributed by atoms with Gasteiger partial charge < -0.3 is 5.73 Å². The number of hydrogen-bond acceptors (Lipinski definition) is 6. The van der Waals surface area contributed by atoms with Gasteiger partial charge in [0, 0.05) is 16.3 Å². The van der Waals surface area contributed by atoms with E-state index in [1.807, 2.05) is 41.0 Å². The maximum atomic E-state index is 12.5. The van der Waals surface area contributed by atoms with Crippen LogP contribution < -0.4 is 5.73 Å². The van der Waals surface area contributed by atoms with Crippen molar-refractivity contribution >= 4 is 29.1 Å². The van der Waals surface area contributed by atoms with Crippen LogP contribution in [0.15, 0.2) is 65.0 Å². The molecule has 0 aliphatic carbocycles. The predicted octanol–water partition coefficient (Wildman–Crippen LogP) is 5.13. The molecule has 158 valence electrons. The highest BCUT2D eigenvalue weighted by molar-refractivity contribution is 7.99. The van der Waals surface area contributed by atoms with Gasteiger partial charge in [0.05, 0.1) is 11.4 Å². The third kappa shape index (κ3) is 4.98. The molecule has 0 aliphatic rings. The first-order valence-corrected chi connectivity index (χ1v) is 11.0.